The zero-order valence-corrected chi connectivity index (χ0v) is 11.8. The molecule has 0 unspecified atom stereocenters. The van der Waals surface area contributed by atoms with E-state index in [1.807, 2.05) is 25.1 Å². The molecule has 1 heterocycles. The summed E-state index contributed by atoms with van der Waals surface area (Å²) in [6, 6.07) is 6.66. The van der Waals surface area contributed by atoms with Crippen LogP contribution >= 0.6 is 0 Å². The van der Waals surface area contributed by atoms with Gasteiger partial charge < -0.3 is 9.32 Å². The van der Waals surface area contributed by atoms with Crippen LogP contribution in [0.1, 0.15) is 6.92 Å². The monoisotopic (exact) mass is 281 g/mol. The molecule has 2 rings (SSSR count). The Balaban J connectivity index is 2.73. The molecule has 0 saturated heterocycles. The predicted molar refractivity (Wildman–Crippen MR) is 74.5 cm³/mol. The summed E-state index contributed by atoms with van der Waals surface area (Å²) in [5.41, 5.74) is 0.443. The van der Waals surface area contributed by atoms with Crippen molar-refractivity contribution < 1.29 is 12.8 Å². The van der Waals surface area contributed by atoms with E-state index in [4.69, 9.17) is 4.42 Å². The van der Waals surface area contributed by atoms with Gasteiger partial charge in [0, 0.05) is 31.2 Å². The number of benzene rings is 1. The van der Waals surface area contributed by atoms with E-state index in [0.29, 0.717) is 11.0 Å². The molecule has 0 aliphatic rings. The highest BCUT2D eigenvalue weighted by atomic mass is 32.2. The topological polar surface area (TPSA) is 67.6 Å². The molecule has 6 heteroatoms. The lowest BCUT2D eigenvalue weighted by atomic mass is 10.2. The van der Waals surface area contributed by atoms with Gasteiger partial charge in [-0.15, -0.1) is 0 Å². The highest BCUT2D eigenvalue weighted by molar-refractivity contribution is 7.91. The second-order valence-electron chi connectivity index (χ2n) is 4.42. The Hall–Kier alpha value is -1.82. The van der Waals surface area contributed by atoms with E-state index < -0.39 is 15.5 Å². The molecule has 19 heavy (non-hydrogen) atoms. The summed E-state index contributed by atoms with van der Waals surface area (Å²) in [4.78, 5) is 13.4. The van der Waals surface area contributed by atoms with Gasteiger partial charge in [-0.3, -0.25) is 0 Å². The van der Waals surface area contributed by atoms with Crippen molar-refractivity contribution in [3.8, 4) is 0 Å². The Labute approximate surface area is 111 Å². The molecule has 0 spiro atoms. The van der Waals surface area contributed by atoms with E-state index in [-0.39, 0.29) is 10.6 Å². The lowest BCUT2D eigenvalue weighted by Gasteiger charge is -2.12. The van der Waals surface area contributed by atoms with Crippen molar-refractivity contribution in [1.82, 2.24) is 0 Å². The molecule has 0 atom stereocenters. The van der Waals surface area contributed by atoms with Crippen LogP contribution in [0.5, 0.6) is 0 Å². The zero-order chi connectivity index (χ0) is 14.2. The third-order valence-corrected chi connectivity index (χ3v) is 4.63. The second-order valence-corrected chi connectivity index (χ2v) is 6.66. The molecule has 0 radical (unpaired) electrons. The zero-order valence-electron chi connectivity index (χ0n) is 11.0. The van der Waals surface area contributed by atoms with E-state index in [0.717, 1.165) is 5.69 Å². The number of hydrogen-bond donors (Lipinski definition) is 0. The first-order valence-corrected chi connectivity index (χ1v) is 7.48. The fraction of sp³-hybridized carbons (Fsp3) is 0.308. The van der Waals surface area contributed by atoms with Gasteiger partial charge in [-0.25, -0.2) is 13.2 Å². The van der Waals surface area contributed by atoms with Gasteiger partial charge >= 0.3 is 5.63 Å². The predicted octanol–water partition coefficient (Wildman–Crippen LogP) is 1.65. The van der Waals surface area contributed by atoms with E-state index >= 15 is 0 Å². The number of hydrogen-bond acceptors (Lipinski definition) is 5. The van der Waals surface area contributed by atoms with Gasteiger partial charge in [-0.2, -0.15) is 0 Å². The normalized spacial score (nSPS) is 11.7. The maximum absolute atomic E-state index is 11.8. The Morgan fingerprint density at radius 3 is 2.47 bits per heavy atom. The Bertz CT molecular complexity index is 775. The van der Waals surface area contributed by atoms with Gasteiger partial charge in [-0.1, -0.05) is 6.92 Å². The summed E-state index contributed by atoms with van der Waals surface area (Å²) < 4.78 is 28.7. The van der Waals surface area contributed by atoms with Crippen molar-refractivity contribution in [2.24, 2.45) is 0 Å². The van der Waals surface area contributed by atoms with Crippen LogP contribution in [0, 0.1) is 0 Å². The fourth-order valence-electron chi connectivity index (χ4n) is 1.73. The van der Waals surface area contributed by atoms with Gasteiger partial charge in [0.15, 0.2) is 14.7 Å². The molecule has 102 valence electrons. The largest absolute Gasteiger partial charge is 0.422 e. The molecule has 1 aromatic heterocycles. The molecular weight excluding hydrogens is 266 g/mol. The molecule has 0 bridgehead atoms. The standard InChI is InChI=1S/C13H15NO4S/c1-4-19(16,17)12-7-9-5-6-10(14(2)3)8-11(9)18-13(12)15/h5-8H,4H2,1-3H3. The molecule has 2 aromatic rings. The quantitative estimate of drug-likeness (QED) is 0.800. The summed E-state index contributed by atoms with van der Waals surface area (Å²) >= 11 is 0. The van der Waals surface area contributed by atoms with Gasteiger partial charge in [0.05, 0.1) is 5.75 Å². The van der Waals surface area contributed by atoms with Crippen molar-refractivity contribution in [1.29, 1.82) is 0 Å². The highest BCUT2D eigenvalue weighted by Crippen LogP contribution is 2.21. The number of sulfone groups is 1. The van der Waals surface area contributed by atoms with Gasteiger partial charge in [0.2, 0.25) is 0 Å². The van der Waals surface area contributed by atoms with Crippen molar-refractivity contribution in [3.05, 3.63) is 34.7 Å². The van der Waals surface area contributed by atoms with Crippen molar-refractivity contribution in [2.45, 2.75) is 11.8 Å². The fourth-order valence-corrected chi connectivity index (χ4v) is 2.64. The lowest BCUT2D eigenvalue weighted by Crippen LogP contribution is -2.15. The van der Waals surface area contributed by atoms with E-state index in [2.05, 4.69) is 0 Å². The number of rotatable bonds is 3. The van der Waals surface area contributed by atoms with Crippen molar-refractivity contribution in [3.63, 3.8) is 0 Å². The molecule has 0 amide bonds. The smallest absolute Gasteiger partial charge is 0.355 e. The van der Waals surface area contributed by atoms with E-state index in [1.165, 1.54) is 13.0 Å². The first kappa shape index (κ1) is 13.6. The van der Waals surface area contributed by atoms with Crippen LogP contribution in [0.2, 0.25) is 0 Å². The van der Waals surface area contributed by atoms with Crippen LogP contribution in [-0.2, 0) is 9.84 Å². The van der Waals surface area contributed by atoms with Crippen LogP contribution < -0.4 is 10.5 Å². The number of fused-ring (bicyclic) bond motifs is 1. The molecule has 0 aliphatic carbocycles. The van der Waals surface area contributed by atoms with E-state index in [9.17, 15) is 13.2 Å². The maximum atomic E-state index is 11.8. The molecule has 0 fully saturated rings. The minimum absolute atomic E-state index is 0.126. The van der Waals surface area contributed by atoms with Crippen LogP contribution in [0.4, 0.5) is 5.69 Å². The molecular formula is C13H15NO4S. The van der Waals surface area contributed by atoms with Crippen LogP contribution in [0.15, 0.2) is 38.4 Å². The number of nitrogens with zero attached hydrogens (tertiary/aromatic N) is 1. The lowest BCUT2D eigenvalue weighted by molar-refractivity contribution is 0.533. The molecule has 0 aliphatic heterocycles. The summed E-state index contributed by atoms with van der Waals surface area (Å²) in [6.07, 6.45) is 0. The Morgan fingerprint density at radius 2 is 1.89 bits per heavy atom. The molecule has 0 saturated carbocycles. The minimum Gasteiger partial charge on any atom is -0.422 e. The maximum Gasteiger partial charge on any atom is 0.355 e. The second kappa shape index (κ2) is 4.70. The average molecular weight is 281 g/mol. The first-order valence-electron chi connectivity index (χ1n) is 5.83. The van der Waals surface area contributed by atoms with Gasteiger partial charge in [0.25, 0.3) is 0 Å². The minimum atomic E-state index is -3.56. The third-order valence-electron chi connectivity index (χ3n) is 2.92. The van der Waals surface area contributed by atoms with Crippen molar-refractivity contribution >= 4 is 26.5 Å². The highest BCUT2D eigenvalue weighted by Gasteiger charge is 2.18. The van der Waals surface area contributed by atoms with Gasteiger partial charge in [-0.05, 0) is 18.2 Å². The third kappa shape index (κ3) is 2.49. The van der Waals surface area contributed by atoms with Crippen LogP contribution in [0.3, 0.4) is 0 Å². The van der Waals surface area contributed by atoms with Gasteiger partial charge in [0.1, 0.15) is 5.58 Å². The summed E-state index contributed by atoms with van der Waals surface area (Å²) in [6.45, 7) is 1.49. The SMILES string of the molecule is CCS(=O)(=O)c1cc2ccc(N(C)C)cc2oc1=O. The van der Waals surface area contributed by atoms with Crippen LogP contribution in [-0.4, -0.2) is 28.3 Å². The average Bonchev–Trinajstić information content (AvgIpc) is 2.36. The molecule has 1 aromatic carbocycles. The summed E-state index contributed by atoms with van der Waals surface area (Å²) in [7, 11) is 0.177. The Kier molecular flexibility index (Phi) is 3.36. The first-order chi connectivity index (χ1) is 8.85. The number of anilines is 1. The summed E-state index contributed by atoms with van der Waals surface area (Å²) in [5.74, 6) is -0.126. The molecule has 5 nitrogen and oxygen atoms in total. The Morgan fingerprint density at radius 1 is 1.21 bits per heavy atom. The van der Waals surface area contributed by atoms with Crippen LogP contribution in [0.25, 0.3) is 11.0 Å². The molecule has 0 N–H and O–H groups in total. The van der Waals surface area contributed by atoms with Crippen molar-refractivity contribution in [2.75, 3.05) is 24.7 Å². The summed E-state index contributed by atoms with van der Waals surface area (Å²) in [5, 5.41) is 0.595. The van der Waals surface area contributed by atoms with E-state index in [1.54, 1.807) is 12.1 Å².